The second-order valence-electron chi connectivity index (χ2n) is 5.95. The fraction of sp³-hybridized carbons (Fsp3) is 0.600. The summed E-state index contributed by atoms with van der Waals surface area (Å²) in [5, 5.41) is 9.92. The highest BCUT2D eigenvalue weighted by Crippen LogP contribution is 2.53. The van der Waals surface area contributed by atoms with Gasteiger partial charge < -0.3 is 9.84 Å². The molecule has 1 N–H and O–H groups in total. The van der Waals surface area contributed by atoms with Crippen molar-refractivity contribution in [3.05, 3.63) is 34.9 Å². The predicted octanol–water partition coefficient (Wildman–Crippen LogP) is 3.15. The molecule has 1 aromatic carbocycles. The minimum Gasteiger partial charge on any atom is -0.388 e. The molecule has 2 nitrogen and oxygen atoms in total. The number of aliphatic hydroxyl groups is 1. The van der Waals surface area contributed by atoms with Crippen molar-refractivity contribution in [2.75, 3.05) is 0 Å². The predicted molar refractivity (Wildman–Crippen MR) is 66.8 cm³/mol. The van der Waals surface area contributed by atoms with E-state index in [2.05, 4.69) is 26.8 Å². The summed E-state index contributed by atoms with van der Waals surface area (Å²) in [5.74, 6) is 0. The van der Waals surface area contributed by atoms with Crippen LogP contribution in [0.4, 0.5) is 0 Å². The lowest BCUT2D eigenvalue weighted by Crippen LogP contribution is -2.48. The van der Waals surface area contributed by atoms with Crippen molar-refractivity contribution in [2.45, 2.75) is 51.9 Å². The first-order valence-corrected chi connectivity index (χ1v) is 6.47. The third-order valence-electron chi connectivity index (χ3n) is 4.62. The first kappa shape index (κ1) is 11.2. The third-order valence-corrected chi connectivity index (χ3v) is 4.62. The quantitative estimate of drug-likeness (QED) is 0.806. The molecule has 3 rings (SSSR count). The summed E-state index contributed by atoms with van der Waals surface area (Å²) in [6, 6.07) is 6.26. The summed E-state index contributed by atoms with van der Waals surface area (Å²) in [4.78, 5) is 0. The van der Waals surface area contributed by atoms with Crippen LogP contribution in [-0.4, -0.2) is 11.2 Å². The zero-order valence-electron chi connectivity index (χ0n) is 10.7. The molecular formula is C15H20O2. The first-order chi connectivity index (χ1) is 8.01. The molecule has 0 aromatic heterocycles. The Balaban J connectivity index is 2.01. The van der Waals surface area contributed by atoms with Crippen LogP contribution in [0, 0.1) is 5.41 Å². The average Bonchev–Trinajstić information content (AvgIpc) is 2.68. The van der Waals surface area contributed by atoms with E-state index in [0.717, 1.165) is 18.4 Å². The molecule has 0 saturated carbocycles. The largest absolute Gasteiger partial charge is 0.388 e. The van der Waals surface area contributed by atoms with Crippen LogP contribution in [0.15, 0.2) is 18.2 Å². The fourth-order valence-electron chi connectivity index (χ4n) is 3.08. The first-order valence-electron chi connectivity index (χ1n) is 6.47. The van der Waals surface area contributed by atoms with Gasteiger partial charge in [0.2, 0.25) is 0 Å². The highest BCUT2D eigenvalue weighted by molar-refractivity contribution is 5.42. The molecular weight excluding hydrogens is 212 g/mol. The van der Waals surface area contributed by atoms with Crippen LogP contribution in [0.25, 0.3) is 0 Å². The minimum atomic E-state index is -0.273. The van der Waals surface area contributed by atoms with E-state index in [0.29, 0.717) is 6.10 Å². The van der Waals surface area contributed by atoms with E-state index in [1.165, 1.54) is 11.1 Å². The summed E-state index contributed by atoms with van der Waals surface area (Å²) in [5.41, 5.74) is 3.93. The van der Waals surface area contributed by atoms with Crippen molar-refractivity contribution in [1.82, 2.24) is 0 Å². The molecule has 2 heteroatoms. The van der Waals surface area contributed by atoms with Crippen LogP contribution in [0.2, 0.25) is 0 Å². The number of fused-ring (bicyclic) bond motifs is 1. The van der Waals surface area contributed by atoms with Gasteiger partial charge in [-0.25, -0.2) is 0 Å². The van der Waals surface area contributed by atoms with Gasteiger partial charge in [0.25, 0.3) is 0 Å². The molecule has 0 amide bonds. The van der Waals surface area contributed by atoms with E-state index < -0.39 is 0 Å². The normalized spacial score (nSPS) is 34.2. The Hall–Kier alpha value is -0.860. The second-order valence-corrected chi connectivity index (χ2v) is 5.95. The van der Waals surface area contributed by atoms with E-state index in [9.17, 15) is 5.11 Å². The Labute approximate surface area is 103 Å². The van der Waals surface area contributed by atoms with Gasteiger partial charge in [0.15, 0.2) is 0 Å². The van der Waals surface area contributed by atoms with Gasteiger partial charge >= 0.3 is 0 Å². The van der Waals surface area contributed by atoms with Gasteiger partial charge in [0.1, 0.15) is 0 Å². The topological polar surface area (TPSA) is 29.5 Å². The number of aliphatic hydroxyl groups excluding tert-OH is 1. The maximum atomic E-state index is 9.92. The summed E-state index contributed by atoms with van der Waals surface area (Å²) in [6.45, 7) is 6.65. The summed E-state index contributed by atoms with van der Waals surface area (Å²) < 4.78 is 5.92. The highest BCUT2D eigenvalue weighted by Gasteiger charge is 2.48. The number of benzene rings is 1. The molecule has 1 heterocycles. The van der Waals surface area contributed by atoms with Gasteiger partial charge in [-0.1, -0.05) is 32.0 Å². The van der Waals surface area contributed by atoms with Crippen LogP contribution in [0.1, 0.15) is 56.1 Å². The molecule has 2 aliphatic rings. The van der Waals surface area contributed by atoms with Gasteiger partial charge in [0.05, 0.1) is 18.3 Å². The van der Waals surface area contributed by atoms with Crippen molar-refractivity contribution in [2.24, 2.45) is 5.41 Å². The summed E-state index contributed by atoms with van der Waals surface area (Å²) in [7, 11) is 0. The molecule has 0 radical (unpaired) electrons. The van der Waals surface area contributed by atoms with Crippen LogP contribution in [0.3, 0.4) is 0 Å². The standard InChI is InChI=1S/C15H20O2/c1-9-15(2,3)14(17-9)12-6-4-5-11-10(12)7-8-13(11)16/h4-6,9,13-14,16H,7-8H2,1-3H3. The van der Waals surface area contributed by atoms with Crippen molar-refractivity contribution in [3.8, 4) is 0 Å². The Morgan fingerprint density at radius 3 is 2.65 bits per heavy atom. The second kappa shape index (κ2) is 3.56. The van der Waals surface area contributed by atoms with Crippen LogP contribution < -0.4 is 0 Å². The molecule has 17 heavy (non-hydrogen) atoms. The maximum Gasteiger partial charge on any atom is 0.0907 e. The van der Waals surface area contributed by atoms with E-state index in [4.69, 9.17) is 4.74 Å². The SMILES string of the molecule is CC1OC(c2cccc3c2CCC3O)C1(C)C. The van der Waals surface area contributed by atoms with Crippen molar-refractivity contribution in [1.29, 1.82) is 0 Å². The monoisotopic (exact) mass is 232 g/mol. The Kier molecular flexibility index (Phi) is 2.36. The number of ether oxygens (including phenoxy) is 1. The fourth-order valence-corrected chi connectivity index (χ4v) is 3.08. The molecule has 1 fully saturated rings. The van der Waals surface area contributed by atoms with Gasteiger partial charge in [-0.15, -0.1) is 0 Å². The number of hydrogen-bond acceptors (Lipinski definition) is 2. The van der Waals surface area contributed by atoms with Gasteiger partial charge in [0, 0.05) is 5.41 Å². The van der Waals surface area contributed by atoms with Gasteiger partial charge in [-0.05, 0) is 36.5 Å². The number of hydrogen-bond donors (Lipinski definition) is 1. The van der Waals surface area contributed by atoms with Gasteiger partial charge in [-0.3, -0.25) is 0 Å². The molecule has 3 unspecified atom stereocenters. The van der Waals surface area contributed by atoms with Crippen LogP contribution >= 0.6 is 0 Å². The van der Waals surface area contributed by atoms with E-state index in [1.807, 2.05) is 12.1 Å². The molecule has 0 spiro atoms. The Morgan fingerprint density at radius 2 is 2.00 bits per heavy atom. The van der Waals surface area contributed by atoms with E-state index in [-0.39, 0.29) is 17.6 Å². The van der Waals surface area contributed by atoms with Gasteiger partial charge in [-0.2, -0.15) is 0 Å². The zero-order valence-corrected chi connectivity index (χ0v) is 10.7. The molecule has 1 aliphatic heterocycles. The minimum absolute atomic E-state index is 0.192. The lowest BCUT2D eigenvalue weighted by molar-refractivity contribution is -0.230. The smallest absolute Gasteiger partial charge is 0.0907 e. The molecule has 0 bridgehead atoms. The average molecular weight is 232 g/mol. The molecule has 1 aliphatic carbocycles. The third kappa shape index (κ3) is 1.47. The lowest BCUT2D eigenvalue weighted by Gasteiger charge is -2.51. The van der Waals surface area contributed by atoms with E-state index in [1.54, 1.807) is 0 Å². The summed E-state index contributed by atoms with van der Waals surface area (Å²) in [6.07, 6.45) is 2.07. The lowest BCUT2D eigenvalue weighted by atomic mass is 9.72. The summed E-state index contributed by atoms with van der Waals surface area (Å²) >= 11 is 0. The Bertz CT molecular complexity index is 450. The molecule has 92 valence electrons. The van der Waals surface area contributed by atoms with Crippen molar-refractivity contribution < 1.29 is 9.84 Å². The van der Waals surface area contributed by atoms with E-state index >= 15 is 0 Å². The molecule has 1 aromatic rings. The Morgan fingerprint density at radius 1 is 1.29 bits per heavy atom. The number of rotatable bonds is 1. The van der Waals surface area contributed by atoms with Crippen LogP contribution in [-0.2, 0) is 11.2 Å². The van der Waals surface area contributed by atoms with Crippen molar-refractivity contribution >= 4 is 0 Å². The maximum absolute atomic E-state index is 9.92. The molecule has 1 saturated heterocycles. The molecule has 3 atom stereocenters. The highest BCUT2D eigenvalue weighted by atomic mass is 16.5. The zero-order chi connectivity index (χ0) is 12.2. The van der Waals surface area contributed by atoms with Crippen LogP contribution in [0.5, 0.6) is 0 Å². The van der Waals surface area contributed by atoms with Crippen molar-refractivity contribution in [3.63, 3.8) is 0 Å².